The van der Waals surface area contributed by atoms with E-state index >= 15 is 0 Å². The molecule has 0 aromatic heterocycles. The minimum absolute atomic E-state index is 0.286. The number of nitrogens with two attached hydrogens (primary N) is 1. The molecule has 0 bridgehead atoms. The number of ether oxygens (including phenoxy) is 1. The summed E-state index contributed by atoms with van der Waals surface area (Å²) >= 11 is 12.2. The maximum absolute atomic E-state index is 14.0. The van der Waals surface area contributed by atoms with E-state index in [0.717, 1.165) is 5.56 Å². The summed E-state index contributed by atoms with van der Waals surface area (Å²) in [5, 5.41) is 0.754. The van der Waals surface area contributed by atoms with Gasteiger partial charge in [-0.15, -0.1) is 0 Å². The van der Waals surface area contributed by atoms with Crippen molar-refractivity contribution in [3.63, 3.8) is 0 Å². The van der Waals surface area contributed by atoms with Gasteiger partial charge in [0.2, 0.25) is 0 Å². The topological polar surface area (TPSA) is 35.2 Å². The van der Waals surface area contributed by atoms with Crippen LogP contribution < -0.4 is 10.5 Å². The summed E-state index contributed by atoms with van der Waals surface area (Å²) in [6, 6.07) is 7.94. The number of methoxy groups -OCH3 is 1. The largest absolute Gasteiger partial charge is 0.495 e. The van der Waals surface area contributed by atoms with Gasteiger partial charge in [-0.2, -0.15) is 0 Å². The minimum Gasteiger partial charge on any atom is -0.495 e. The van der Waals surface area contributed by atoms with Crippen LogP contribution in [0.1, 0.15) is 5.56 Å². The third-order valence-corrected chi connectivity index (χ3v) is 3.41. The van der Waals surface area contributed by atoms with E-state index in [1.165, 1.54) is 13.2 Å². The Labute approximate surface area is 120 Å². The Hall–Kier alpha value is -1.29. The number of hydrogen-bond acceptors (Lipinski definition) is 2. The standard InChI is InChI=1S/C14H12Cl2FNO/c1-19-14-6-11(15)10(5-12(14)16)9-3-2-8(7-18)4-13(9)17/h2-6H,7,18H2,1H3. The molecule has 0 amide bonds. The lowest BCUT2D eigenvalue weighted by molar-refractivity contribution is 0.415. The van der Waals surface area contributed by atoms with Gasteiger partial charge < -0.3 is 10.5 Å². The first-order valence-corrected chi connectivity index (χ1v) is 6.34. The lowest BCUT2D eigenvalue weighted by Crippen LogP contribution is -1.97. The van der Waals surface area contributed by atoms with Crippen LogP contribution in [0.25, 0.3) is 11.1 Å². The molecule has 0 radical (unpaired) electrons. The summed E-state index contributed by atoms with van der Waals surface area (Å²) in [5.41, 5.74) is 7.09. The molecule has 0 atom stereocenters. The summed E-state index contributed by atoms with van der Waals surface area (Å²) in [6.07, 6.45) is 0. The highest BCUT2D eigenvalue weighted by atomic mass is 35.5. The predicted molar refractivity (Wildman–Crippen MR) is 76.3 cm³/mol. The molecular weight excluding hydrogens is 288 g/mol. The van der Waals surface area contributed by atoms with Gasteiger partial charge in [0.25, 0.3) is 0 Å². The SMILES string of the molecule is COc1cc(Cl)c(-c2ccc(CN)cc2F)cc1Cl. The van der Waals surface area contributed by atoms with Crippen LogP contribution in [-0.2, 0) is 6.54 Å². The Bertz CT molecular complexity index is 617. The molecule has 0 heterocycles. The molecule has 5 heteroatoms. The Balaban J connectivity index is 2.56. The Morgan fingerprint density at radius 1 is 1.11 bits per heavy atom. The van der Waals surface area contributed by atoms with Crippen molar-refractivity contribution < 1.29 is 9.13 Å². The van der Waals surface area contributed by atoms with E-state index in [-0.39, 0.29) is 12.4 Å². The van der Waals surface area contributed by atoms with Crippen molar-refractivity contribution in [2.75, 3.05) is 7.11 Å². The van der Waals surface area contributed by atoms with Gasteiger partial charge in [-0.05, 0) is 17.7 Å². The molecule has 2 rings (SSSR count). The fourth-order valence-corrected chi connectivity index (χ4v) is 2.29. The van der Waals surface area contributed by atoms with Crippen LogP contribution in [0.5, 0.6) is 5.75 Å². The van der Waals surface area contributed by atoms with E-state index in [1.807, 2.05) is 0 Å². The van der Waals surface area contributed by atoms with E-state index in [0.29, 0.717) is 26.9 Å². The highest BCUT2D eigenvalue weighted by molar-refractivity contribution is 6.36. The Morgan fingerprint density at radius 2 is 1.84 bits per heavy atom. The zero-order valence-electron chi connectivity index (χ0n) is 10.2. The van der Waals surface area contributed by atoms with E-state index in [2.05, 4.69) is 0 Å². The summed E-state index contributed by atoms with van der Waals surface area (Å²) < 4.78 is 19.1. The Kier molecular flexibility index (Phi) is 4.30. The molecule has 2 nitrogen and oxygen atoms in total. The van der Waals surface area contributed by atoms with Crippen molar-refractivity contribution in [2.24, 2.45) is 5.73 Å². The lowest BCUT2D eigenvalue weighted by atomic mass is 10.0. The molecule has 2 aromatic carbocycles. The molecule has 0 aliphatic carbocycles. The maximum atomic E-state index is 14.0. The molecule has 0 fully saturated rings. The van der Waals surface area contributed by atoms with E-state index < -0.39 is 0 Å². The summed E-state index contributed by atoms with van der Waals surface area (Å²) in [5.74, 6) is 0.0699. The second-order valence-corrected chi connectivity index (χ2v) is 4.80. The van der Waals surface area contributed by atoms with Crippen LogP contribution in [0, 0.1) is 5.82 Å². The van der Waals surface area contributed by atoms with Gasteiger partial charge in [0, 0.05) is 23.7 Å². The molecule has 0 saturated heterocycles. The van der Waals surface area contributed by atoms with Gasteiger partial charge in [0.05, 0.1) is 17.2 Å². The van der Waals surface area contributed by atoms with Gasteiger partial charge in [0.1, 0.15) is 11.6 Å². The molecule has 2 aromatic rings. The van der Waals surface area contributed by atoms with Crippen LogP contribution in [0.4, 0.5) is 4.39 Å². The number of rotatable bonds is 3. The maximum Gasteiger partial charge on any atom is 0.138 e. The summed E-state index contributed by atoms with van der Waals surface area (Å²) in [7, 11) is 1.49. The highest BCUT2D eigenvalue weighted by Crippen LogP contribution is 2.37. The predicted octanol–water partition coefficient (Wildman–Crippen LogP) is 4.27. The van der Waals surface area contributed by atoms with E-state index in [9.17, 15) is 4.39 Å². The Morgan fingerprint density at radius 3 is 2.42 bits per heavy atom. The molecule has 2 N–H and O–H groups in total. The van der Waals surface area contributed by atoms with Crippen molar-refractivity contribution in [1.82, 2.24) is 0 Å². The fourth-order valence-electron chi connectivity index (χ4n) is 1.80. The summed E-state index contributed by atoms with van der Waals surface area (Å²) in [4.78, 5) is 0. The van der Waals surface area contributed by atoms with Gasteiger partial charge in [0.15, 0.2) is 0 Å². The van der Waals surface area contributed by atoms with Gasteiger partial charge in [-0.3, -0.25) is 0 Å². The molecule has 0 unspecified atom stereocenters. The van der Waals surface area contributed by atoms with Gasteiger partial charge in [-0.1, -0.05) is 35.3 Å². The van der Waals surface area contributed by atoms with E-state index in [1.54, 1.807) is 24.3 Å². The number of halogens is 3. The third-order valence-electron chi connectivity index (χ3n) is 2.80. The molecule has 0 aliphatic rings. The zero-order valence-corrected chi connectivity index (χ0v) is 11.7. The first-order valence-electron chi connectivity index (χ1n) is 5.58. The average Bonchev–Trinajstić information content (AvgIpc) is 2.41. The average molecular weight is 300 g/mol. The molecule has 19 heavy (non-hydrogen) atoms. The van der Waals surface area contributed by atoms with Gasteiger partial charge >= 0.3 is 0 Å². The minimum atomic E-state index is -0.383. The van der Waals surface area contributed by atoms with Crippen molar-refractivity contribution in [2.45, 2.75) is 6.54 Å². The first kappa shape index (κ1) is 14.1. The third kappa shape index (κ3) is 2.84. The number of benzene rings is 2. The smallest absolute Gasteiger partial charge is 0.138 e. The van der Waals surface area contributed by atoms with Crippen LogP contribution in [0.15, 0.2) is 30.3 Å². The number of hydrogen-bond donors (Lipinski definition) is 1. The van der Waals surface area contributed by atoms with Crippen molar-refractivity contribution in [3.8, 4) is 16.9 Å². The van der Waals surface area contributed by atoms with Gasteiger partial charge in [-0.25, -0.2) is 4.39 Å². The van der Waals surface area contributed by atoms with Crippen LogP contribution >= 0.6 is 23.2 Å². The molecule has 0 saturated carbocycles. The normalized spacial score (nSPS) is 10.6. The zero-order chi connectivity index (χ0) is 14.0. The lowest BCUT2D eigenvalue weighted by Gasteiger charge is -2.10. The highest BCUT2D eigenvalue weighted by Gasteiger charge is 2.13. The molecule has 100 valence electrons. The fraction of sp³-hybridized carbons (Fsp3) is 0.143. The summed E-state index contributed by atoms with van der Waals surface area (Å²) in [6.45, 7) is 0.286. The first-order chi connectivity index (χ1) is 9.06. The van der Waals surface area contributed by atoms with Crippen molar-refractivity contribution in [3.05, 3.63) is 51.8 Å². The molecular formula is C14H12Cl2FNO. The molecule has 0 aliphatic heterocycles. The quantitative estimate of drug-likeness (QED) is 0.919. The van der Waals surface area contributed by atoms with Crippen LogP contribution in [-0.4, -0.2) is 7.11 Å². The van der Waals surface area contributed by atoms with Crippen LogP contribution in [0.3, 0.4) is 0 Å². The van der Waals surface area contributed by atoms with Crippen LogP contribution in [0.2, 0.25) is 10.0 Å². The second kappa shape index (κ2) is 5.78. The van der Waals surface area contributed by atoms with E-state index in [4.69, 9.17) is 33.7 Å². The second-order valence-electron chi connectivity index (χ2n) is 3.98. The van der Waals surface area contributed by atoms with Crippen molar-refractivity contribution in [1.29, 1.82) is 0 Å². The molecule has 0 spiro atoms. The van der Waals surface area contributed by atoms with Crippen molar-refractivity contribution >= 4 is 23.2 Å². The monoisotopic (exact) mass is 299 g/mol.